The molecule has 0 aliphatic carbocycles. The van der Waals surface area contributed by atoms with Gasteiger partial charge >= 0.3 is 0 Å². The van der Waals surface area contributed by atoms with Crippen LogP contribution in [0.2, 0.25) is 0 Å². The Balaban J connectivity index is 1.80. The molecule has 0 aromatic heterocycles. The van der Waals surface area contributed by atoms with Crippen molar-refractivity contribution in [2.45, 2.75) is 38.5 Å². The van der Waals surface area contributed by atoms with Crippen molar-refractivity contribution in [3.63, 3.8) is 0 Å². The molecule has 3 nitrogen and oxygen atoms in total. The van der Waals surface area contributed by atoms with E-state index < -0.39 is 0 Å². The second-order valence-electron chi connectivity index (χ2n) is 6.55. The molecule has 2 aliphatic rings. The fraction of sp³-hybridized carbons (Fsp3) is 0.611. The molecule has 1 N–H and O–H groups in total. The van der Waals surface area contributed by atoms with Gasteiger partial charge in [0.1, 0.15) is 0 Å². The predicted molar refractivity (Wildman–Crippen MR) is 85.1 cm³/mol. The maximum atomic E-state index is 13.2. The standard InChI is InChI=1S/C18H26N2O/c21-17(20-13-5-2-6-14-20)18(9-11-19-12-10-18)15-16-7-3-1-4-8-16/h1,3-4,7-8,19H,2,5-6,9-15H2. The van der Waals surface area contributed by atoms with Gasteiger partial charge in [-0.1, -0.05) is 30.3 Å². The number of amides is 1. The van der Waals surface area contributed by atoms with Crippen LogP contribution < -0.4 is 5.32 Å². The minimum atomic E-state index is -0.177. The first-order valence-corrected chi connectivity index (χ1v) is 8.34. The van der Waals surface area contributed by atoms with E-state index in [4.69, 9.17) is 0 Å². The summed E-state index contributed by atoms with van der Waals surface area (Å²) >= 11 is 0. The van der Waals surface area contributed by atoms with Crippen LogP contribution in [-0.2, 0) is 11.2 Å². The molecule has 0 spiro atoms. The molecule has 1 amide bonds. The van der Waals surface area contributed by atoms with Crippen LogP contribution in [0.4, 0.5) is 0 Å². The van der Waals surface area contributed by atoms with Gasteiger partial charge in [-0.3, -0.25) is 4.79 Å². The van der Waals surface area contributed by atoms with Crippen molar-refractivity contribution in [3.8, 4) is 0 Å². The number of piperidine rings is 2. The van der Waals surface area contributed by atoms with Crippen LogP contribution in [-0.4, -0.2) is 37.0 Å². The third kappa shape index (κ3) is 3.29. The van der Waals surface area contributed by atoms with Gasteiger partial charge in [-0.25, -0.2) is 0 Å². The molecule has 2 aliphatic heterocycles. The molecule has 0 bridgehead atoms. The van der Waals surface area contributed by atoms with Gasteiger partial charge in [0.2, 0.25) is 5.91 Å². The quantitative estimate of drug-likeness (QED) is 0.926. The Morgan fingerprint density at radius 1 is 1.05 bits per heavy atom. The number of carbonyl (C=O) groups excluding carboxylic acids is 1. The van der Waals surface area contributed by atoms with E-state index >= 15 is 0 Å². The van der Waals surface area contributed by atoms with E-state index in [1.807, 2.05) is 6.07 Å². The van der Waals surface area contributed by atoms with Crippen molar-refractivity contribution in [2.75, 3.05) is 26.2 Å². The summed E-state index contributed by atoms with van der Waals surface area (Å²) in [6.45, 7) is 3.85. The van der Waals surface area contributed by atoms with Gasteiger partial charge in [0.25, 0.3) is 0 Å². The summed E-state index contributed by atoms with van der Waals surface area (Å²) in [4.78, 5) is 15.3. The first-order valence-electron chi connectivity index (χ1n) is 8.34. The zero-order chi connectivity index (χ0) is 14.5. The summed E-state index contributed by atoms with van der Waals surface area (Å²) in [5, 5.41) is 3.41. The number of carbonyl (C=O) groups is 1. The van der Waals surface area contributed by atoms with Crippen LogP contribution in [0.1, 0.15) is 37.7 Å². The molecule has 2 saturated heterocycles. The second-order valence-corrected chi connectivity index (χ2v) is 6.55. The van der Waals surface area contributed by atoms with Crippen LogP contribution in [0.15, 0.2) is 30.3 Å². The molecule has 0 atom stereocenters. The summed E-state index contributed by atoms with van der Waals surface area (Å²) in [5.74, 6) is 0.410. The number of hydrogen-bond acceptors (Lipinski definition) is 2. The Bertz CT molecular complexity index is 459. The SMILES string of the molecule is O=C(N1CCCCC1)C1(Cc2ccccc2)CCNCC1. The summed E-state index contributed by atoms with van der Waals surface area (Å²) in [7, 11) is 0. The average Bonchev–Trinajstić information content (AvgIpc) is 2.57. The Kier molecular flexibility index (Phi) is 4.59. The number of benzene rings is 1. The maximum Gasteiger partial charge on any atom is 0.229 e. The van der Waals surface area contributed by atoms with Gasteiger partial charge in [0, 0.05) is 13.1 Å². The molecule has 0 unspecified atom stereocenters. The number of hydrogen-bond donors (Lipinski definition) is 1. The molecule has 1 aromatic rings. The topological polar surface area (TPSA) is 32.3 Å². The number of nitrogens with zero attached hydrogens (tertiary/aromatic N) is 1. The number of nitrogens with one attached hydrogen (secondary N) is 1. The minimum absolute atomic E-state index is 0.177. The van der Waals surface area contributed by atoms with Crippen molar-refractivity contribution in [2.24, 2.45) is 5.41 Å². The highest BCUT2D eigenvalue weighted by Gasteiger charge is 2.42. The third-order valence-electron chi connectivity index (χ3n) is 5.04. The molecule has 2 heterocycles. The maximum absolute atomic E-state index is 13.2. The van der Waals surface area contributed by atoms with Crippen LogP contribution in [0.5, 0.6) is 0 Å². The first-order chi connectivity index (χ1) is 10.3. The molecule has 1 aromatic carbocycles. The molecular formula is C18H26N2O. The molecule has 0 radical (unpaired) electrons. The summed E-state index contributed by atoms with van der Waals surface area (Å²) < 4.78 is 0. The lowest BCUT2D eigenvalue weighted by Gasteiger charge is -2.41. The summed E-state index contributed by atoms with van der Waals surface area (Å²) in [6, 6.07) is 10.5. The van der Waals surface area contributed by atoms with Crippen molar-refractivity contribution in [1.29, 1.82) is 0 Å². The van der Waals surface area contributed by atoms with Gasteiger partial charge in [0.15, 0.2) is 0 Å². The van der Waals surface area contributed by atoms with Crippen molar-refractivity contribution < 1.29 is 4.79 Å². The molecule has 114 valence electrons. The van der Waals surface area contributed by atoms with E-state index in [0.717, 1.165) is 45.4 Å². The lowest BCUT2D eigenvalue weighted by Crippen LogP contribution is -2.51. The fourth-order valence-corrected chi connectivity index (χ4v) is 3.79. The highest BCUT2D eigenvalue weighted by molar-refractivity contribution is 5.83. The van der Waals surface area contributed by atoms with E-state index in [9.17, 15) is 4.79 Å². The molecule has 2 fully saturated rings. The first kappa shape index (κ1) is 14.6. The Hall–Kier alpha value is -1.35. The van der Waals surface area contributed by atoms with Crippen LogP contribution in [0.25, 0.3) is 0 Å². The molecular weight excluding hydrogens is 260 g/mol. The fourth-order valence-electron chi connectivity index (χ4n) is 3.79. The van der Waals surface area contributed by atoms with E-state index in [1.165, 1.54) is 24.8 Å². The van der Waals surface area contributed by atoms with Gasteiger partial charge in [-0.05, 0) is 57.2 Å². The smallest absolute Gasteiger partial charge is 0.229 e. The monoisotopic (exact) mass is 286 g/mol. The van der Waals surface area contributed by atoms with E-state index in [0.29, 0.717) is 5.91 Å². The number of rotatable bonds is 3. The van der Waals surface area contributed by atoms with Crippen LogP contribution >= 0.6 is 0 Å². The van der Waals surface area contributed by atoms with E-state index in [1.54, 1.807) is 0 Å². The van der Waals surface area contributed by atoms with Crippen LogP contribution in [0, 0.1) is 5.41 Å². The molecule has 3 heteroatoms. The van der Waals surface area contributed by atoms with Gasteiger partial charge in [-0.15, -0.1) is 0 Å². The third-order valence-corrected chi connectivity index (χ3v) is 5.04. The average molecular weight is 286 g/mol. The van der Waals surface area contributed by atoms with Gasteiger partial charge in [-0.2, -0.15) is 0 Å². The van der Waals surface area contributed by atoms with E-state index in [2.05, 4.69) is 34.5 Å². The normalized spacial score (nSPS) is 22.0. The lowest BCUT2D eigenvalue weighted by molar-refractivity contribution is -0.144. The highest BCUT2D eigenvalue weighted by atomic mass is 16.2. The predicted octanol–water partition coefficient (Wildman–Crippen LogP) is 2.61. The zero-order valence-corrected chi connectivity index (χ0v) is 12.8. The Labute approximate surface area is 127 Å². The van der Waals surface area contributed by atoms with Crippen LogP contribution in [0.3, 0.4) is 0 Å². The lowest BCUT2D eigenvalue weighted by atomic mass is 9.73. The molecule has 0 saturated carbocycles. The van der Waals surface area contributed by atoms with Crippen molar-refractivity contribution in [3.05, 3.63) is 35.9 Å². The van der Waals surface area contributed by atoms with Gasteiger partial charge < -0.3 is 10.2 Å². The number of likely N-dealkylation sites (tertiary alicyclic amines) is 1. The van der Waals surface area contributed by atoms with Crippen molar-refractivity contribution >= 4 is 5.91 Å². The second kappa shape index (κ2) is 6.61. The van der Waals surface area contributed by atoms with Gasteiger partial charge in [0.05, 0.1) is 5.41 Å². The summed E-state index contributed by atoms with van der Waals surface area (Å²) in [6.07, 6.45) is 6.45. The summed E-state index contributed by atoms with van der Waals surface area (Å²) in [5.41, 5.74) is 1.12. The molecule has 3 rings (SSSR count). The largest absolute Gasteiger partial charge is 0.342 e. The Morgan fingerprint density at radius 2 is 1.71 bits per heavy atom. The zero-order valence-electron chi connectivity index (χ0n) is 12.8. The van der Waals surface area contributed by atoms with E-state index in [-0.39, 0.29) is 5.41 Å². The Morgan fingerprint density at radius 3 is 2.38 bits per heavy atom. The highest BCUT2D eigenvalue weighted by Crippen LogP contribution is 2.36. The van der Waals surface area contributed by atoms with Crippen molar-refractivity contribution in [1.82, 2.24) is 10.2 Å². The molecule has 21 heavy (non-hydrogen) atoms. The minimum Gasteiger partial charge on any atom is -0.342 e.